The number of hydrogen-bond acceptors (Lipinski definition) is 4. The molecule has 1 N–H and O–H groups in total. The Morgan fingerprint density at radius 1 is 1.40 bits per heavy atom. The van der Waals surface area contributed by atoms with Gasteiger partial charge in [0, 0.05) is 22.6 Å². The molecule has 1 heterocycles. The third-order valence-electron chi connectivity index (χ3n) is 2.84. The zero-order valence-electron chi connectivity index (χ0n) is 11.3. The van der Waals surface area contributed by atoms with Crippen molar-refractivity contribution in [3.05, 3.63) is 51.9 Å². The van der Waals surface area contributed by atoms with E-state index in [1.54, 1.807) is 32.0 Å². The van der Waals surface area contributed by atoms with E-state index in [-0.39, 0.29) is 11.5 Å². The summed E-state index contributed by atoms with van der Waals surface area (Å²) in [6.07, 6.45) is 0.354. The van der Waals surface area contributed by atoms with Crippen molar-refractivity contribution in [1.82, 2.24) is 0 Å². The van der Waals surface area contributed by atoms with Crippen molar-refractivity contribution in [3.8, 4) is 5.75 Å². The van der Waals surface area contributed by atoms with Crippen LogP contribution in [-0.2, 0) is 11.2 Å². The van der Waals surface area contributed by atoms with E-state index in [1.807, 2.05) is 0 Å². The maximum absolute atomic E-state index is 11.7. The predicted molar refractivity (Wildman–Crippen MR) is 75.3 cm³/mol. The van der Waals surface area contributed by atoms with Gasteiger partial charge in [-0.25, -0.2) is 4.79 Å². The molecule has 0 atom stereocenters. The third-order valence-corrected chi connectivity index (χ3v) is 3.07. The van der Waals surface area contributed by atoms with Gasteiger partial charge < -0.3 is 14.3 Å². The molecule has 0 fully saturated rings. The molecule has 0 saturated heterocycles. The van der Waals surface area contributed by atoms with Crippen molar-refractivity contribution in [2.75, 3.05) is 6.61 Å². The van der Waals surface area contributed by atoms with Crippen LogP contribution in [0.3, 0.4) is 0 Å². The Bertz CT molecular complexity index is 631. The van der Waals surface area contributed by atoms with Gasteiger partial charge in [0.1, 0.15) is 11.5 Å². The van der Waals surface area contributed by atoms with Crippen LogP contribution in [-0.4, -0.2) is 17.7 Å². The second-order valence-corrected chi connectivity index (χ2v) is 4.83. The van der Waals surface area contributed by atoms with Crippen molar-refractivity contribution in [1.29, 1.82) is 0 Å². The number of aryl methyl sites for hydroxylation is 1. The molecule has 0 unspecified atom stereocenters. The number of aromatic hydroxyl groups is 1. The van der Waals surface area contributed by atoms with E-state index in [0.29, 0.717) is 34.9 Å². The van der Waals surface area contributed by atoms with Crippen LogP contribution in [0.4, 0.5) is 0 Å². The minimum atomic E-state index is -0.480. The van der Waals surface area contributed by atoms with Gasteiger partial charge in [-0.1, -0.05) is 11.6 Å². The molecule has 0 saturated carbocycles. The topological polar surface area (TPSA) is 59.7 Å². The fourth-order valence-electron chi connectivity index (χ4n) is 1.92. The number of carbonyl (C=O) groups excluding carboxylic acids is 1. The molecule has 0 aliphatic rings. The van der Waals surface area contributed by atoms with E-state index >= 15 is 0 Å². The number of carbonyl (C=O) groups is 1. The zero-order valence-corrected chi connectivity index (χ0v) is 12.0. The number of phenols is 1. The van der Waals surface area contributed by atoms with Crippen LogP contribution in [0.5, 0.6) is 5.75 Å². The van der Waals surface area contributed by atoms with Crippen LogP contribution in [0.25, 0.3) is 0 Å². The van der Waals surface area contributed by atoms with Gasteiger partial charge in [-0.3, -0.25) is 0 Å². The highest BCUT2D eigenvalue weighted by atomic mass is 35.5. The lowest BCUT2D eigenvalue weighted by molar-refractivity contribution is 0.0487. The first kappa shape index (κ1) is 14.5. The number of ether oxygens (including phenoxy) is 1. The van der Waals surface area contributed by atoms with Crippen molar-refractivity contribution < 1.29 is 19.1 Å². The summed E-state index contributed by atoms with van der Waals surface area (Å²) in [5, 5.41) is 10.3. The minimum absolute atomic E-state index is 0.140. The quantitative estimate of drug-likeness (QED) is 0.873. The number of furan rings is 1. The second kappa shape index (κ2) is 6.01. The molecule has 1 aromatic heterocycles. The molecule has 1 aromatic carbocycles. The number of hydrogen-bond donors (Lipinski definition) is 1. The highest BCUT2D eigenvalue weighted by Crippen LogP contribution is 2.26. The fraction of sp³-hybridized carbons (Fsp3) is 0.267. The Balaban J connectivity index is 2.24. The molecule has 2 rings (SSSR count). The highest BCUT2D eigenvalue weighted by molar-refractivity contribution is 6.30. The van der Waals surface area contributed by atoms with Gasteiger partial charge in [0.15, 0.2) is 0 Å². The minimum Gasteiger partial charge on any atom is -0.508 e. The third kappa shape index (κ3) is 3.14. The van der Waals surface area contributed by atoms with Crippen molar-refractivity contribution in [3.63, 3.8) is 0 Å². The maximum atomic E-state index is 11.7. The van der Waals surface area contributed by atoms with Crippen molar-refractivity contribution >= 4 is 17.6 Å². The molecule has 0 radical (unpaired) electrons. The summed E-state index contributed by atoms with van der Waals surface area (Å²) < 4.78 is 10.4. The number of benzene rings is 1. The summed E-state index contributed by atoms with van der Waals surface area (Å²) >= 11 is 5.90. The first-order chi connectivity index (χ1) is 9.51. The molecule has 0 spiro atoms. The van der Waals surface area contributed by atoms with Crippen LogP contribution in [0, 0.1) is 6.92 Å². The van der Waals surface area contributed by atoms with E-state index in [9.17, 15) is 9.90 Å². The van der Waals surface area contributed by atoms with Crippen LogP contribution < -0.4 is 0 Å². The summed E-state index contributed by atoms with van der Waals surface area (Å²) in [5.41, 5.74) is 1.35. The average Bonchev–Trinajstić information content (AvgIpc) is 2.75. The molecular weight excluding hydrogens is 280 g/mol. The van der Waals surface area contributed by atoms with Crippen molar-refractivity contribution in [2.45, 2.75) is 20.3 Å². The number of phenolic OH excluding ortho intramolecular Hbond substituents is 1. The Morgan fingerprint density at radius 2 is 2.15 bits per heavy atom. The lowest BCUT2D eigenvalue weighted by Gasteiger charge is -2.03. The van der Waals surface area contributed by atoms with Gasteiger partial charge in [0.05, 0.1) is 6.61 Å². The van der Waals surface area contributed by atoms with Crippen molar-refractivity contribution in [2.24, 2.45) is 0 Å². The molecule has 5 heteroatoms. The molecule has 20 heavy (non-hydrogen) atoms. The second-order valence-electron chi connectivity index (χ2n) is 4.40. The smallest absolute Gasteiger partial charge is 0.374 e. The summed E-state index contributed by atoms with van der Waals surface area (Å²) in [6.45, 7) is 3.81. The van der Waals surface area contributed by atoms with E-state index in [1.165, 1.54) is 6.07 Å². The Labute approximate surface area is 121 Å². The Hall–Kier alpha value is -1.94. The van der Waals surface area contributed by atoms with E-state index < -0.39 is 5.97 Å². The van der Waals surface area contributed by atoms with Crippen LogP contribution in [0.15, 0.2) is 28.7 Å². The molecule has 0 bridgehead atoms. The van der Waals surface area contributed by atoms with E-state index in [2.05, 4.69) is 0 Å². The standard InChI is InChI=1S/C15H15ClO4/c1-3-19-15(18)14-9(2)6-12(20-14)8-10-7-11(16)4-5-13(10)17/h4-7,17H,3,8H2,1-2H3. The summed E-state index contributed by atoms with van der Waals surface area (Å²) in [5.74, 6) is 0.430. The fourth-order valence-corrected chi connectivity index (χ4v) is 2.11. The SMILES string of the molecule is CCOC(=O)c1oc(Cc2cc(Cl)ccc2O)cc1C. The molecular formula is C15H15ClO4. The molecule has 106 valence electrons. The van der Waals surface area contributed by atoms with Crippen LogP contribution in [0.1, 0.15) is 34.4 Å². The van der Waals surface area contributed by atoms with E-state index in [4.69, 9.17) is 20.8 Å². The Morgan fingerprint density at radius 3 is 2.85 bits per heavy atom. The maximum Gasteiger partial charge on any atom is 0.374 e. The van der Waals surface area contributed by atoms with Gasteiger partial charge in [-0.05, 0) is 38.1 Å². The zero-order chi connectivity index (χ0) is 14.7. The number of halogens is 1. The number of esters is 1. The first-order valence-corrected chi connectivity index (χ1v) is 6.63. The predicted octanol–water partition coefficient (Wildman–Crippen LogP) is 3.71. The lowest BCUT2D eigenvalue weighted by atomic mass is 10.1. The first-order valence-electron chi connectivity index (χ1n) is 6.25. The molecule has 2 aromatic rings. The van der Waals surface area contributed by atoms with Gasteiger partial charge in [0.25, 0.3) is 0 Å². The largest absolute Gasteiger partial charge is 0.508 e. The van der Waals surface area contributed by atoms with Gasteiger partial charge in [-0.15, -0.1) is 0 Å². The highest BCUT2D eigenvalue weighted by Gasteiger charge is 2.17. The summed E-state index contributed by atoms with van der Waals surface area (Å²) in [6, 6.07) is 6.56. The summed E-state index contributed by atoms with van der Waals surface area (Å²) in [7, 11) is 0. The lowest BCUT2D eigenvalue weighted by Crippen LogP contribution is -2.04. The van der Waals surface area contributed by atoms with Crippen LogP contribution >= 0.6 is 11.6 Å². The monoisotopic (exact) mass is 294 g/mol. The summed E-state index contributed by atoms with van der Waals surface area (Å²) in [4.78, 5) is 11.7. The molecule has 4 nitrogen and oxygen atoms in total. The molecule has 0 amide bonds. The van der Waals surface area contributed by atoms with Gasteiger partial charge in [-0.2, -0.15) is 0 Å². The molecule has 0 aliphatic heterocycles. The van der Waals surface area contributed by atoms with E-state index in [0.717, 1.165) is 0 Å². The van der Waals surface area contributed by atoms with Gasteiger partial charge >= 0.3 is 5.97 Å². The number of rotatable bonds is 4. The Kier molecular flexibility index (Phi) is 4.35. The average molecular weight is 295 g/mol. The van der Waals surface area contributed by atoms with Crippen LogP contribution in [0.2, 0.25) is 5.02 Å². The van der Waals surface area contributed by atoms with Gasteiger partial charge in [0.2, 0.25) is 5.76 Å². The normalized spacial score (nSPS) is 10.6. The molecule has 0 aliphatic carbocycles.